The molecule has 0 spiro atoms. The van der Waals surface area contributed by atoms with Gasteiger partial charge in [-0.2, -0.15) is 25.3 Å². The molecule has 4 N–H and O–H groups in total. The molecule has 0 aromatic rings. The van der Waals surface area contributed by atoms with Crippen molar-refractivity contribution in [1.82, 2.24) is 0 Å². The zero-order valence-electron chi connectivity index (χ0n) is 10.7. The van der Waals surface area contributed by atoms with Crippen LogP contribution in [0.1, 0.15) is 51.4 Å². The largest absolute Gasteiger partial charge is 0.369 e. The Morgan fingerprint density at radius 1 is 0.722 bits per heavy atom. The summed E-state index contributed by atoms with van der Waals surface area (Å²) < 4.78 is 0. The van der Waals surface area contributed by atoms with Crippen LogP contribution >= 0.6 is 25.3 Å². The topological polar surface area (TPSA) is 86.2 Å². The minimum absolute atomic E-state index is 0.314. The Morgan fingerprint density at radius 3 is 1.28 bits per heavy atom. The van der Waals surface area contributed by atoms with Crippen LogP contribution in [0.4, 0.5) is 0 Å². The Morgan fingerprint density at radius 2 is 1.00 bits per heavy atom. The number of amides is 2. The number of carbonyl (C=O) groups excluding carboxylic acids is 2. The van der Waals surface area contributed by atoms with E-state index in [0.29, 0.717) is 0 Å². The van der Waals surface area contributed by atoms with Gasteiger partial charge in [0.15, 0.2) is 0 Å². The molecule has 0 bridgehead atoms. The Bertz CT molecular complexity index is 236. The summed E-state index contributed by atoms with van der Waals surface area (Å²) in [6.45, 7) is 0. The second-order valence-electron chi connectivity index (χ2n) is 4.54. The molecular weight excluding hydrogens is 268 g/mol. The summed E-state index contributed by atoms with van der Waals surface area (Å²) in [6.07, 6.45) is 7.90. The van der Waals surface area contributed by atoms with Gasteiger partial charge in [0.25, 0.3) is 0 Å². The van der Waals surface area contributed by atoms with E-state index >= 15 is 0 Å². The van der Waals surface area contributed by atoms with Crippen LogP contribution in [0.5, 0.6) is 0 Å². The Kier molecular flexibility index (Phi) is 10.3. The van der Waals surface area contributed by atoms with Gasteiger partial charge in [-0.25, -0.2) is 0 Å². The predicted octanol–water partition coefficient (Wildman–Crippen LogP) is 1.67. The van der Waals surface area contributed by atoms with Crippen molar-refractivity contribution in [2.45, 2.75) is 61.9 Å². The lowest BCUT2D eigenvalue weighted by Crippen LogP contribution is -2.23. The van der Waals surface area contributed by atoms with E-state index < -0.39 is 0 Å². The van der Waals surface area contributed by atoms with Gasteiger partial charge < -0.3 is 11.5 Å². The number of thiol groups is 2. The van der Waals surface area contributed by atoms with Crippen molar-refractivity contribution in [2.24, 2.45) is 11.5 Å². The van der Waals surface area contributed by atoms with Crippen molar-refractivity contribution in [3.63, 3.8) is 0 Å². The molecule has 0 aliphatic rings. The fourth-order valence-electron chi connectivity index (χ4n) is 1.67. The van der Waals surface area contributed by atoms with Crippen LogP contribution in [0.15, 0.2) is 0 Å². The summed E-state index contributed by atoms with van der Waals surface area (Å²) in [7, 11) is 0. The average molecular weight is 292 g/mol. The Balaban J connectivity index is 3.26. The molecule has 106 valence electrons. The van der Waals surface area contributed by atoms with Gasteiger partial charge in [0.1, 0.15) is 0 Å². The standard InChI is InChI=1S/C12H24N2O2S2/c13-11(15)9(17)7-5-3-1-2-4-6-8-10(18)12(14)16/h9-10,17-18H,1-8H2,(H2,13,15)(H2,14,16). The quantitative estimate of drug-likeness (QED) is 0.345. The lowest BCUT2D eigenvalue weighted by Gasteiger charge is -2.07. The maximum absolute atomic E-state index is 10.7. The molecule has 4 nitrogen and oxygen atoms in total. The maximum atomic E-state index is 10.7. The summed E-state index contributed by atoms with van der Waals surface area (Å²) in [4.78, 5) is 21.4. The molecule has 18 heavy (non-hydrogen) atoms. The molecule has 2 amide bonds. The molecule has 0 radical (unpaired) electrons. The third-order valence-corrected chi connectivity index (χ3v) is 3.89. The summed E-state index contributed by atoms with van der Waals surface area (Å²) in [5, 5.41) is -0.629. The van der Waals surface area contributed by atoms with E-state index in [9.17, 15) is 9.59 Å². The predicted molar refractivity (Wildman–Crippen MR) is 80.9 cm³/mol. The maximum Gasteiger partial charge on any atom is 0.230 e. The first-order chi connectivity index (χ1) is 8.45. The van der Waals surface area contributed by atoms with E-state index in [1.165, 1.54) is 0 Å². The SMILES string of the molecule is NC(=O)C(S)CCCCCCCCC(S)C(N)=O. The van der Waals surface area contributed by atoms with E-state index in [-0.39, 0.29) is 22.3 Å². The van der Waals surface area contributed by atoms with Crippen LogP contribution in [0.2, 0.25) is 0 Å². The molecule has 0 rings (SSSR count). The highest BCUT2D eigenvalue weighted by molar-refractivity contribution is 7.82. The first kappa shape index (κ1) is 17.6. The van der Waals surface area contributed by atoms with Crippen LogP contribution < -0.4 is 11.5 Å². The highest BCUT2D eigenvalue weighted by Gasteiger charge is 2.09. The molecule has 0 heterocycles. The minimum Gasteiger partial charge on any atom is -0.369 e. The third kappa shape index (κ3) is 9.65. The number of unbranched alkanes of at least 4 members (excludes halogenated alkanes) is 5. The van der Waals surface area contributed by atoms with E-state index in [1.807, 2.05) is 0 Å². The monoisotopic (exact) mass is 292 g/mol. The molecule has 2 atom stereocenters. The zero-order valence-corrected chi connectivity index (χ0v) is 12.5. The van der Waals surface area contributed by atoms with E-state index in [1.54, 1.807) is 0 Å². The van der Waals surface area contributed by atoms with E-state index in [2.05, 4.69) is 25.3 Å². The van der Waals surface area contributed by atoms with Crippen molar-refractivity contribution in [3.05, 3.63) is 0 Å². The first-order valence-corrected chi connectivity index (χ1v) is 7.43. The van der Waals surface area contributed by atoms with Gasteiger partial charge >= 0.3 is 0 Å². The Hall–Kier alpha value is -0.360. The van der Waals surface area contributed by atoms with Crippen LogP contribution in [-0.4, -0.2) is 22.3 Å². The number of hydrogen-bond acceptors (Lipinski definition) is 4. The summed E-state index contributed by atoms with van der Waals surface area (Å²) in [6, 6.07) is 0. The van der Waals surface area contributed by atoms with Crippen molar-refractivity contribution in [1.29, 1.82) is 0 Å². The normalized spacial score (nSPS) is 14.1. The molecule has 0 aliphatic carbocycles. The zero-order chi connectivity index (χ0) is 14.0. The second kappa shape index (κ2) is 10.6. The van der Waals surface area contributed by atoms with Crippen molar-refractivity contribution in [2.75, 3.05) is 0 Å². The Labute approximate surface area is 120 Å². The van der Waals surface area contributed by atoms with Crippen LogP contribution in [0, 0.1) is 0 Å². The van der Waals surface area contributed by atoms with Gasteiger partial charge in [0.05, 0.1) is 10.5 Å². The fourth-order valence-corrected chi connectivity index (χ4v) is 2.03. The minimum atomic E-state index is -0.343. The van der Waals surface area contributed by atoms with Crippen molar-refractivity contribution < 1.29 is 9.59 Å². The molecule has 0 saturated carbocycles. The number of rotatable bonds is 11. The van der Waals surface area contributed by atoms with Crippen LogP contribution in [-0.2, 0) is 9.59 Å². The fraction of sp³-hybridized carbons (Fsp3) is 0.833. The summed E-state index contributed by atoms with van der Waals surface area (Å²) in [5.41, 5.74) is 10.2. The molecule has 0 fully saturated rings. The highest BCUT2D eigenvalue weighted by atomic mass is 32.1. The summed E-state index contributed by atoms with van der Waals surface area (Å²) in [5.74, 6) is -0.686. The van der Waals surface area contributed by atoms with Gasteiger partial charge in [-0.3, -0.25) is 9.59 Å². The summed E-state index contributed by atoms with van der Waals surface area (Å²) >= 11 is 8.20. The second-order valence-corrected chi connectivity index (χ2v) is 5.78. The van der Waals surface area contributed by atoms with Gasteiger partial charge in [-0.1, -0.05) is 38.5 Å². The molecule has 6 heteroatoms. The molecule has 0 aliphatic heterocycles. The molecule has 0 aromatic heterocycles. The van der Waals surface area contributed by atoms with Crippen LogP contribution in [0.25, 0.3) is 0 Å². The number of primary amides is 2. The molecule has 0 saturated heterocycles. The van der Waals surface area contributed by atoms with Gasteiger partial charge in [0.2, 0.25) is 11.8 Å². The van der Waals surface area contributed by atoms with Crippen molar-refractivity contribution >= 4 is 37.1 Å². The number of carbonyl (C=O) groups is 2. The van der Waals surface area contributed by atoms with E-state index in [0.717, 1.165) is 51.4 Å². The third-order valence-electron chi connectivity index (χ3n) is 2.86. The average Bonchev–Trinajstić information content (AvgIpc) is 2.31. The lowest BCUT2D eigenvalue weighted by molar-refractivity contribution is -0.118. The first-order valence-electron chi connectivity index (χ1n) is 6.40. The van der Waals surface area contributed by atoms with Crippen LogP contribution in [0.3, 0.4) is 0 Å². The lowest BCUT2D eigenvalue weighted by atomic mass is 10.1. The number of nitrogens with two attached hydrogens (primary N) is 2. The van der Waals surface area contributed by atoms with Gasteiger partial charge in [-0.05, 0) is 12.8 Å². The highest BCUT2D eigenvalue weighted by Crippen LogP contribution is 2.13. The van der Waals surface area contributed by atoms with Crippen molar-refractivity contribution in [3.8, 4) is 0 Å². The number of hydrogen-bond donors (Lipinski definition) is 4. The molecular formula is C12H24N2O2S2. The van der Waals surface area contributed by atoms with Gasteiger partial charge in [-0.15, -0.1) is 0 Å². The van der Waals surface area contributed by atoms with E-state index in [4.69, 9.17) is 11.5 Å². The molecule has 0 aromatic carbocycles. The molecule has 2 unspecified atom stereocenters. The van der Waals surface area contributed by atoms with Gasteiger partial charge in [0, 0.05) is 0 Å². The smallest absolute Gasteiger partial charge is 0.230 e.